The van der Waals surface area contributed by atoms with E-state index in [4.69, 9.17) is 16.0 Å². The van der Waals surface area contributed by atoms with Gasteiger partial charge in [0, 0.05) is 9.86 Å². The first-order valence-electron chi connectivity index (χ1n) is 6.18. The molecule has 0 spiro atoms. The predicted molar refractivity (Wildman–Crippen MR) is 76.2 cm³/mol. The molecule has 18 heavy (non-hydrogen) atoms. The molecule has 1 aromatic carbocycles. The van der Waals surface area contributed by atoms with Gasteiger partial charge in [0.25, 0.3) is 0 Å². The summed E-state index contributed by atoms with van der Waals surface area (Å²) in [6.45, 7) is 0. The minimum Gasteiger partial charge on any atom is -0.458 e. The summed E-state index contributed by atoms with van der Waals surface area (Å²) in [6.07, 6.45) is 3.86. The second-order valence-electron chi connectivity index (χ2n) is 4.76. The van der Waals surface area contributed by atoms with Crippen LogP contribution in [0.1, 0.15) is 35.8 Å². The average Bonchev–Trinajstić information content (AvgIpc) is 2.82. The van der Waals surface area contributed by atoms with Crippen LogP contribution in [0.25, 0.3) is 11.0 Å². The van der Waals surface area contributed by atoms with E-state index in [0.29, 0.717) is 5.76 Å². The van der Waals surface area contributed by atoms with Crippen LogP contribution in [0.4, 0.5) is 0 Å². The van der Waals surface area contributed by atoms with Gasteiger partial charge in [-0.05, 0) is 48.9 Å². The van der Waals surface area contributed by atoms with Crippen LogP contribution in [0.15, 0.2) is 21.0 Å². The largest absolute Gasteiger partial charge is 0.458 e. The lowest BCUT2D eigenvalue weighted by Gasteiger charge is -2.17. The van der Waals surface area contributed by atoms with Crippen molar-refractivity contribution in [2.24, 2.45) is 0 Å². The molecule has 4 heteroatoms. The Kier molecular flexibility index (Phi) is 3.39. The number of halogens is 2. The maximum Gasteiger partial charge on any atom is 0.137 e. The number of aliphatic hydroxyl groups is 1. The van der Waals surface area contributed by atoms with Crippen LogP contribution < -0.4 is 0 Å². The molecule has 2 nitrogen and oxygen atoms in total. The number of aryl methyl sites for hydroxylation is 1. The number of aliphatic hydroxyl groups excluding tert-OH is 1. The highest BCUT2D eigenvalue weighted by molar-refractivity contribution is 9.10. The lowest BCUT2D eigenvalue weighted by atomic mass is 9.90. The number of rotatable bonds is 2. The maximum absolute atomic E-state index is 9.77. The Morgan fingerprint density at radius 2 is 2.00 bits per heavy atom. The molecule has 0 saturated carbocycles. The molecular weight excluding hydrogens is 316 g/mol. The van der Waals surface area contributed by atoms with E-state index < -0.39 is 6.10 Å². The van der Waals surface area contributed by atoms with E-state index in [1.165, 1.54) is 24.0 Å². The molecule has 0 radical (unpaired) electrons. The number of fused-ring (bicyclic) bond motifs is 3. The standard InChI is InChI=1S/C14H14BrClO2/c15-11-5-8-6-13(12(17)7-16)18-14(8)10-4-2-1-3-9(10)11/h5-6,12,17H,1-4,7H2. The van der Waals surface area contributed by atoms with Crippen molar-refractivity contribution in [3.63, 3.8) is 0 Å². The molecule has 1 heterocycles. The second-order valence-corrected chi connectivity index (χ2v) is 5.92. The number of alkyl halides is 1. The Morgan fingerprint density at radius 3 is 2.72 bits per heavy atom. The van der Waals surface area contributed by atoms with Crippen LogP contribution >= 0.6 is 27.5 Å². The third-order valence-corrected chi connectivity index (χ3v) is 4.57. The summed E-state index contributed by atoms with van der Waals surface area (Å²) in [6, 6.07) is 3.97. The normalized spacial score (nSPS) is 16.8. The van der Waals surface area contributed by atoms with Gasteiger partial charge in [0.15, 0.2) is 0 Å². The molecule has 0 bridgehead atoms. The van der Waals surface area contributed by atoms with E-state index in [2.05, 4.69) is 22.0 Å². The summed E-state index contributed by atoms with van der Waals surface area (Å²) in [5.41, 5.74) is 3.57. The van der Waals surface area contributed by atoms with Crippen LogP contribution in [0.5, 0.6) is 0 Å². The Labute approximate surface area is 119 Å². The van der Waals surface area contributed by atoms with Crippen molar-refractivity contribution in [2.75, 3.05) is 5.88 Å². The monoisotopic (exact) mass is 328 g/mol. The van der Waals surface area contributed by atoms with Gasteiger partial charge in [-0.25, -0.2) is 0 Å². The van der Waals surface area contributed by atoms with Crippen molar-refractivity contribution in [3.05, 3.63) is 33.5 Å². The highest BCUT2D eigenvalue weighted by atomic mass is 79.9. The van der Waals surface area contributed by atoms with E-state index in [-0.39, 0.29) is 5.88 Å². The van der Waals surface area contributed by atoms with Crippen molar-refractivity contribution in [2.45, 2.75) is 31.8 Å². The van der Waals surface area contributed by atoms with Gasteiger partial charge < -0.3 is 9.52 Å². The van der Waals surface area contributed by atoms with Crippen LogP contribution in [0.3, 0.4) is 0 Å². The zero-order valence-electron chi connectivity index (χ0n) is 9.88. The quantitative estimate of drug-likeness (QED) is 0.831. The summed E-state index contributed by atoms with van der Waals surface area (Å²) in [7, 11) is 0. The minimum atomic E-state index is -0.725. The lowest BCUT2D eigenvalue weighted by molar-refractivity contribution is 0.175. The summed E-state index contributed by atoms with van der Waals surface area (Å²) >= 11 is 9.31. The fourth-order valence-corrected chi connectivity index (χ4v) is 3.49. The average molecular weight is 330 g/mol. The summed E-state index contributed by atoms with van der Waals surface area (Å²) in [5, 5.41) is 10.8. The SMILES string of the molecule is OC(CCl)c1cc2cc(Br)c3c(c2o1)CCCC3. The molecule has 1 aliphatic rings. The van der Waals surface area contributed by atoms with Gasteiger partial charge in [-0.1, -0.05) is 15.9 Å². The summed E-state index contributed by atoms with van der Waals surface area (Å²) < 4.78 is 6.97. The molecule has 0 amide bonds. The second kappa shape index (κ2) is 4.87. The smallest absolute Gasteiger partial charge is 0.137 e. The van der Waals surface area contributed by atoms with Crippen molar-refractivity contribution in [1.82, 2.24) is 0 Å². The van der Waals surface area contributed by atoms with E-state index in [9.17, 15) is 5.11 Å². The molecule has 1 aliphatic carbocycles. The van der Waals surface area contributed by atoms with E-state index >= 15 is 0 Å². The highest BCUT2D eigenvalue weighted by Gasteiger charge is 2.20. The highest BCUT2D eigenvalue weighted by Crippen LogP contribution is 2.37. The molecule has 3 rings (SSSR count). The van der Waals surface area contributed by atoms with Gasteiger partial charge in [-0.3, -0.25) is 0 Å². The first-order chi connectivity index (χ1) is 8.70. The summed E-state index contributed by atoms with van der Waals surface area (Å²) in [4.78, 5) is 0. The molecule has 1 aromatic heterocycles. The molecule has 96 valence electrons. The van der Waals surface area contributed by atoms with Crippen molar-refractivity contribution < 1.29 is 9.52 Å². The van der Waals surface area contributed by atoms with Crippen LogP contribution in [-0.4, -0.2) is 11.0 Å². The Balaban J connectivity index is 2.21. The first kappa shape index (κ1) is 12.5. The number of hydrogen-bond donors (Lipinski definition) is 1. The molecular formula is C14H14BrClO2. The lowest BCUT2D eigenvalue weighted by Crippen LogP contribution is -2.03. The van der Waals surface area contributed by atoms with Crippen LogP contribution in [-0.2, 0) is 12.8 Å². The number of hydrogen-bond acceptors (Lipinski definition) is 2. The van der Waals surface area contributed by atoms with Gasteiger partial charge in [-0.15, -0.1) is 11.6 Å². The van der Waals surface area contributed by atoms with Gasteiger partial charge in [0.1, 0.15) is 17.4 Å². The fraction of sp³-hybridized carbons (Fsp3) is 0.429. The predicted octanol–water partition coefficient (Wildman–Crippen LogP) is 4.35. The van der Waals surface area contributed by atoms with Crippen LogP contribution in [0, 0.1) is 0 Å². The molecule has 0 saturated heterocycles. The number of furan rings is 1. The molecule has 2 aromatic rings. The van der Waals surface area contributed by atoms with E-state index in [1.807, 2.05) is 6.07 Å². The van der Waals surface area contributed by atoms with E-state index in [0.717, 1.165) is 28.3 Å². The Bertz CT molecular complexity index is 591. The Hall–Kier alpha value is -0.510. The van der Waals surface area contributed by atoms with Gasteiger partial charge >= 0.3 is 0 Å². The molecule has 1 unspecified atom stereocenters. The van der Waals surface area contributed by atoms with Crippen molar-refractivity contribution in [1.29, 1.82) is 0 Å². The summed E-state index contributed by atoms with van der Waals surface area (Å²) in [5.74, 6) is 0.717. The topological polar surface area (TPSA) is 33.4 Å². The van der Waals surface area contributed by atoms with Crippen LogP contribution in [0.2, 0.25) is 0 Å². The van der Waals surface area contributed by atoms with Crippen molar-refractivity contribution in [3.8, 4) is 0 Å². The molecule has 0 fully saturated rings. The third kappa shape index (κ3) is 1.98. The molecule has 0 aliphatic heterocycles. The molecule has 1 atom stereocenters. The fourth-order valence-electron chi connectivity index (χ4n) is 2.65. The molecule has 1 N–H and O–H groups in total. The minimum absolute atomic E-state index is 0.156. The zero-order chi connectivity index (χ0) is 12.7. The van der Waals surface area contributed by atoms with E-state index in [1.54, 1.807) is 0 Å². The Morgan fingerprint density at radius 1 is 1.28 bits per heavy atom. The van der Waals surface area contributed by atoms with Gasteiger partial charge in [0.2, 0.25) is 0 Å². The van der Waals surface area contributed by atoms with Gasteiger partial charge in [0.05, 0.1) is 5.88 Å². The van der Waals surface area contributed by atoms with Crippen molar-refractivity contribution >= 4 is 38.5 Å². The van der Waals surface area contributed by atoms with Gasteiger partial charge in [-0.2, -0.15) is 0 Å². The zero-order valence-corrected chi connectivity index (χ0v) is 12.2. The number of benzene rings is 1. The maximum atomic E-state index is 9.77. The third-order valence-electron chi connectivity index (χ3n) is 3.57. The first-order valence-corrected chi connectivity index (χ1v) is 7.51.